The van der Waals surface area contributed by atoms with Crippen LogP contribution < -0.4 is 10.6 Å². The maximum Gasteiger partial charge on any atom is 0.251 e. The largest absolute Gasteiger partial charge is 0.355 e. The molecule has 4 nitrogen and oxygen atoms in total. The van der Waals surface area contributed by atoms with E-state index >= 15 is 0 Å². The van der Waals surface area contributed by atoms with E-state index in [9.17, 15) is 9.59 Å². The fourth-order valence-corrected chi connectivity index (χ4v) is 2.34. The standard InChI is InChI=1S/C15H20N2O2/c1-10(2)7-14(18)16-8-11-9-17-15(19)13-6-4-3-5-12(11)13/h3-6,10-11H,7-9H2,1-2H3,(H,16,18)(H,17,19). The second kappa shape index (κ2) is 5.87. The lowest BCUT2D eigenvalue weighted by Crippen LogP contribution is -2.40. The fourth-order valence-electron chi connectivity index (χ4n) is 2.34. The molecule has 1 aromatic rings. The highest BCUT2D eigenvalue weighted by Crippen LogP contribution is 2.23. The van der Waals surface area contributed by atoms with E-state index in [2.05, 4.69) is 10.6 Å². The molecule has 0 radical (unpaired) electrons. The number of carbonyl (C=O) groups excluding carboxylic acids is 2. The SMILES string of the molecule is CC(C)CC(=O)NCC1CNC(=O)c2ccccc21. The molecular formula is C15H20N2O2. The minimum absolute atomic E-state index is 0.0274. The third-order valence-corrected chi connectivity index (χ3v) is 3.29. The Morgan fingerprint density at radius 2 is 2.16 bits per heavy atom. The Hall–Kier alpha value is -1.84. The summed E-state index contributed by atoms with van der Waals surface area (Å²) < 4.78 is 0. The molecule has 0 aliphatic carbocycles. The minimum Gasteiger partial charge on any atom is -0.355 e. The highest BCUT2D eigenvalue weighted by molar-refractivity contribution is 5.97. The van der Waals surface area contributed by atoms with Gasteiger partial charge >= 0.3 is 0 Å². The van der Waals surface area contributed by atoms with Crippen LogP contribution in [0.1, 0.15) is 42.1 Å². The maximum absolute atomic E-state index is 11.7. The normalized spacial score (nSPS) is 17.8. The van der Waals surface area contributed by atoms with Crippen LogP contribution in [0.5, 0.6) is 0 Å². The highest BCUT2D eigenvalue weighted by atomic mass is 16.2. The van der Waals surface area contributed by atoms with Gasteiger partial charge in [-0.15, -0.1) is 0 Å². The van der Waals surface area contributed by atoms with E-state index in [0.29, 0.717) is 25.4 Å². The molecule has 1 atom stereocenters. The fraction of sp³-hybridized carbons (Fsp3) is 0.467. The van der Waals surface area contributed by atoms with E-state index in [1.807, 2.05) is 38.1 Å². The molecule has 2 N–H and O–H groups in total. The third-order valence-electron chi connectivity index (χ3n) is 3.29. The molecule has 1 unspecified atom stereocenters. The van der Waals surface area contributed by atoms with Crippen molar-refractivity contribution >= 4 is 11.8 Å². The van der Waals surface area contributed by atoms with Crippen LogP contribution in [0.2, 0.25) is 0 Å². The lowest BCUT2D eigenvalue weighted by atomic mass is 9.90. The summed E-state index contributed by atoms with van der Waals surface area (Å²) in [5.74, 6) is 0.563. The van der Waals surface area contributed by atoms with E-state index in [1.54, 1.807) is 0 Å². The molecule has 0 saturated carbocycles. The van der Waals surface area contributed by atoms with E-state index in [1.165, 1.54) is 0 Å². The van der Waals surface area contributed by atoms with Crippen molar-refractivity contribution in [2.24, 2.45) is 5.92 Å². The number of fused-ring (bicyclic) bond motifs is 1. The van der Waals surface area contributed by atoms with Gasteiger partial charge < -0.3 is 10.6 Å². The summed E-state index contributed by atoms with van der Waals surface area (Å²) in [5.41, 5.74) is 1.74. The Bertz CT molecular complexity index is 483. The van der Waals surface area contributed by atoms with Crippen LogP contribution in [0.25, 0.3) is 0 Å². The topological polar surface area (TPSA) is 58.2 Å². The van der Waals surface area contributed by atoms with Crippen molar-refractivity contribution in [3.8, 4) is 0 Å². The summed E-state index contributed by atoms with van der Waals surface area (Å²) in [7, 11) is 0. The van der Waals surface area contributed by atoms with Gasteiger partial charge in [0.1, 0.15) is 0 Å². The summed E-state index contributed by atoms with van der Waals surface area (Å²) in [5, 5.41) is 5.81. The average Bonchev–Trinajstić information content (AvgIpc) is 2.37. The highest BCUT2D eigenvalue weighted by Gasteiger charge is 2.24. The molecule has 0 saturated heterocycles. The van der Waals surface area contributed by atoms with Crippen molar-refractivity contribution in [2.45, 2.75) is 26.2 Å². The first-order valence-corrected chi connectivity index (χ1v) is 6.71. The number of hydrogen-bond acceptors (Lipinski definition) is 2. The molecule has 1 aliphatic heterocycles. The van der Waals surface area contributed by atoms with Crippen LogP contribution in [0, 0.1) is 5.92 Å². The Morgan fingerprint density at radius 3 is 2.89 bits per heavy atom. The van der Waals surface area contributed by atoms with Gasteiger partial charge in [-0.1, -0.05) is 32.0 Å². The molecule has 2 amide bonds. The first-order chi connectivity index (χ1) is 9.08. The van der Waals surface area contributed by atoms with Gasteiger partial charge in [0.15, 0.2) is 0 Å². The monoisotopic (exact) mass is 260 g/mol. The second-order valence-corrected chi connectivity index (χ2v) is 5.40. The first-order valence-electron chi connectivity index (χ1n) is 6.71. The molecule has 102 valence electrons. The van der Waals surface area contributed by atoms with E-state index < -0.39 is 0 Å². The van der Waals surface area contributed by atoms with Crippen molar-refractivity contribution in [1.82, 2.24) is 10.6 Å². The van der Waals surface area contributed by atoms with E-state index in [4.69, 9.17) is 0 Å². The number of hydrogen-bond donors (Lipinski definition) is 2. The van der Waals surface area contributed by atoms with Crippen molar-refractivity contribution in [2.75, 3.05) is 13.1 Å². The van der Waals surface area contributed by atoms with E-state index in [0.717, 1.165) is 11.1 Å². The van der Waals surface area contributed by atoms with Gasteiger partial charge in [0.2, 0.25) is 5.91 Å². The second-order valence-electron chi connectivity index (χ2n) is 5.40. The summed E-state index contributed by atoms with van der Waals surface area (Å²) in [6.07, 6.45) is 0.542. The molecule has 1 heterocycles. The zero-order valence-corrected chi connectivity index (χ0v) is 11.4. The van der Waals surface area contributed by atoms with Crippen LogP contribution in [-0.2, 0) is 4.79 Å². The molecule has 2 rings (SSSR count). The van der Waals surface area contributed by atoms with Gasteiger partial charge in [-0.25, -0.2) is 0 Å². The number of rotatable bonds is 4. The average molecular weight is 260 g/mol. The Balaban J connectivity index is 2.01. The predicted octanol–water partition coefficient (Wildman–Crippen LogP) is 1.68. The van der Waals surface area contributed by atoms with Crippen molar-refractivity contribution in [3.63, 3.8) is 0 Å². The molecule has 4 heteroatoms. The van der Waals surface area contributed by atoms with Crippen LogP contribution in [0.15, 0.2) is 24.3 Å². The molecule has 1 aliphatic rings. The summed E-state index contributed by atoms with van der Waals surface area (Å²) >= 11 is 0. The van der Waals surface area contributed by atoms with Crippen LogP contribution in [0.4, 0.5) is 0 Å². The minimum atomic E-state index is -0.0274. The molecule has 19 heavy (non-hydrogen) atoms. The molecule has 0 bridgehead atoms. The van der Waals surface area contributed by atoms with Gasteiger partial charge in [0.05, 0.1) is 0 Å². The van der Waals surface area contributed by atoms with Crippen molar-refractivity contribution in [1.29, 1.82) is 0 Å². The van der Waals surface area contributed by atoms with Gasteiger partial charge in [-0.2, -0.15) is 0 Å². The van der Waals surface area contributed by atoms with Gasteiger partial charge in [-0.3, -0.25) is 9.59 Å². The van der Waals surface area contributed by atoms with Crippen LogP contribution in [0.3, 0.4) is 0 Å². The summed E-state index contributed by atoms with van der Waals surface area (Å²) in [6.45, 7) is 5.20. The Morgan fingerprint density at radius 1 is 1.42 bits per heavy atom. The lowest BCUT2D eigenvalue weighted by molar-refractivity contribution is -0.121. The molecule has 1 aromatic carbocycles. The zero-order chi connectivity index (χ0) is 13.8. The maximum atomic E-state index is 11.7. The van der Waals surface area contributed by atoms with Crippen molar-refractivity contribution < 1.29 is 9.59 Å². The molecule has 0 fully saturated rings. The molecule has 0 spiro atoms. The number of amides is 2. The third kappa shape index (κ3) is 3.34. The quantitative estimate of drug-likeness (QED) is 0.865. The summed E-state index contributed by atoms with van der Waals surface area (Å²) in [4.78, 5) is 23.4. The number of carbonyl (C=O) groups is 2. The van der Waals surface area contributed by atoms with E-state index in [-0.39, 0.29) is 17.7 Å². The Labute approximate surface area is 113 Å². The molecule has 0 aromatic heterocycles. The zero-order valence-electron chi connectivity index (χ0n) is 11.4. The Kier molecular flexibility index (Phi) is 4.20. The van der Waals surface area contributed by atoms with Crippen LogP contribution in [-0.4, -0.2) is 24.9 Å². The van der Waals surface area contributed by atoms with Crippen molar-refractivity contribution in [3.05, 3.63) is 35.4 Å². The number of benzene rings is 1. The van der Waals surface area contributed by atoms with Crippen LogP contribution >= 0.6 is 0 Å². The lowest BCUT2D eigenvalue weighted by Gasteiger charge is -2.26. The molecular weight excluding hydrogens is 240 g/mol. The summed E-state index contributed by atoms with van der Waals surface area (Å²) in [6, 6.07) is 7.58. The first kappa shape index (κ1) is 13.6. The predicted molar refractivity (Wildman–Crippen MR) is 74.0 cm³/mol. The van der Waals surface area contributed by atoms with Gasteiger partial charge in [-0.05, 0) is 17.5 Å². The van der Waals surface area contributed by atoms with Gasteiger partial charge in [0, 0.05) is 31.0 Å². The van der Waals surface area contributed by atoms with Gasteiger partial charge in [0.25, 0.3) is 5.91 Å². The number of nitrogens with one attached hydrogen (secondary N) is 2. The smallest absolute Gasteiger partial charge is 0.251 e.